The monoisotopic (exact) mass is 466 g/mol. The van der Waals surface area contributed by atoms with Crippen molar-refractivity contribution in [3.05, 3.63) is 29.3 Å². The average Bonchev–Trinajstić information content (AvgIpc) is 2.74. The second-order valence-electron chi connectivity index (χ2n) is 10.4. The lowest BCUT2D eigenvalue weighted by Gasteiger charge is -2.59. The van der Waals surface area contributed by atoms with Gasteiger partial charge in [0.2, 0.25) is 0 Å². The Balaban J connectivity index is 0.000000444. The first-order valence-electron chi connectivity index (χ1n) is 12.1. The van der Waals surface area contributed by atoms with Crippen LogP contribution in [0, 0.1) is 11.8 Å². The minimum absolute atomic E-state index is 0.360. The quantitative estimate of drug-likeness (QED) is 0.586. The zero-order valence-electron chi connectivity index (χ0n) is 19.1. The predicted octanol–water partition coefficient (Wildman–Crippen LogP) is 3.53. The zero-order valence-corrected chi connectivity index (χ0v) is 19.9. The summed E-state index contributed by atoms with van der Waals surface area (Å²) in [5.41, 5.74) is 3.40. The highest BCUT2D eigenvalue weighted by Gasteiger charge is 2.53. The molecule has 2 aliphatic heterocycles. The van der Waals surface area contributed by atoms with Crippen molar-refractivity contribution in [3.8, 4) is 5.75 Å². The molecule has 1 aromatic rings. The molecule has 3 atom stereocenters. The van der Waals surface area contributed by atoms with Crippen LogP contribution >= 0.6 is 0 Å². The van der Waals surface area contributed by atoms with Gasteiger partial charge in [-0.15, -0.1) is 0 Å². The zero-order chi connectivity index (χ0) is 22.9. The molecule has 0 radical (unpaired) electrons. The molecule has 180 valence electrons. The molecule has 3 fully saturated rings. The molecule has 1 aromatic carbocycles. The van der Waals surface area contributed by atoms with Crippen LogP contribution in [0.5, 0.6) is 5.75 Å². The summed E-state index contributed by atoms with van der Waals surface area (Å²) in [4.78, 5) is 5.36. The molecule has 0 aromatic heterocycles. The van der Waals surface area contributed by atoms with Gasteiger partial charge in [0.1, 0.15) is 5.75 Å². The Morgan fingerprint density at radius 3 is 2.50 bits per heavy atom. The van der Waals surface area contributed by atoms with Gasteiger partial charge in [-0.3, -0.25) is 14.0 Å². The number of aromatic hydroxyl groups is 1. The summed E-state index contributed by atoms with van der Waals surface area (Å²) in [6, 6.07) is 7.00. The number of phenols is 1. The van der Waals surface area contributed by atoms with E-state index in [1.54, 1.807) is 0 Å². The van der Waals surface area contributed by atoms with Gasteiger partial charge in [0.25, 0.3) is 0 Å². The third-order valence-corrected chi connectivity index (χ3v) is 8.60. The van der Waals surface area contributed by atoms with E-state index < -0.39 is 10.4 Å². The Morgan fingerprint density at radius 1 is 1.06 bits per heavy atom. The molecule has 3 N–H and O–H groups in total. The molecule has 8 heteroatoms. The maximum absolute atomic E-state index is 10.2. The molecule has 4 aliphatic rings. The Morgan fingerprint density at radius 2 is 1.78 bits per heavy atom. The summed E-state index contributed by atoms with van der Waals surface area (Å²) < 4.78 is 31.6. The van der Waals surface area contributed by atoms with Crippen molar-refractivity contribution in [2.75, 3.05) is 33.2 Å². The van der Waals surface area contributed by atoms with E-state index >= 15 is 0 Å². The maximum atomic E-state index is 10.2. The lowest BCUT2D eigenvalue weighted by atomic mass is 9.52. The molecule has 0 spiro atoms. The van der Waals surface area contributed by atoms with Crippen LogP contribution in [0.15, 0.2) is 18.2 Å². The second-order valence-corrected chi connectivity index (χ2v) is 11.3. The third kappa shape index (κ3) is 5.30. The number of piperidine rings is 2. The van der Waals surface area contributed by atoms with Crippen molar-refractivity contribution in [2.24, 2.45) is 11.8 Å². The van der Waals surface area contributed by atoms with Gasteiger partial charge in [-0.1, -0.05) is 18.9 Å². The molecule has 5 rings (SSSR count). The van der Waals surface area contributed by atoms with Crippen molar-refractivity contribution in [3.63, 3.8) is 0 Å². The largest absolute Gasteiger partial charge is 0.508 e. The first-order chi connectivity index (χ1) is 15.2. The predicted molar refractivity (Wildman–Crippen MR) is 124 cm³/mol. The van der Waals surface area contributed by atoms with Gasteiger partial charge < -0.3 is 10.0 Å². The standard InChI is InChI=1S/C24H36N2O.H2O4S/c1-25-12-7-18(8-13-25)9-14-26-15-11-24-10-3-2-4-21(24)23(26)16-19-5-6-20(27)17-22(19)24;1-5(2,3)4/h5-6,17-18,21,23,27H,2-4,7-16H2,1H3;(H2,1,2,3,4)/t21-,23-,24-;/m0./s1. The number of benzene rings is 1. The minimum atomic E-state index is -4.67. The third-order valence-electron chi connectivity index (χ3n) is 8.60. The molecule has 7 nitrogen and oxygen atoms in total. The lowest BCUT2D eigenvalue weighted by Crippen LogP contribution is -2.61. The van der Waals surface area contributed by atoms with Gasteiger partial charge in [0, 0.05) is 11.5 Å². The summed E-state index contributed by atoms with van der Waals surface area (Å²) in [6.45, 7) is 5.15. The molecule has 2 bridgehead atoms. The summed E-state index contributed by atoms with van der Waals surface area (Å²) in [6.07, 6.45) is 12.2. The van der Waals surface area contributed by atoms with Crippen molar-refractivity contribution in [1.29, 1.82) is 0 Å². The molecule has 2 saturated heterocycles. The van der Waals surface area contributed by atoms with Gasteiger partial charge in [-0.2, -0.15) is 8.42 Å². The van der Waals surface area contributed by atoms with E-state index in [1.165, 1.54) is 95.1 Å². The Kier molecular flexibility index (Phi) is 7.17. The number of nitrogens with zero attached hydrogens (tertiary/aromatic N) is 2. The molecule has 2 aliphatic carbocycles. The van der Waals surface area contributed by atoms with Crippen LogP contribution in [-0.4, -0.2) is 71.7 Å². The average molecular weight is 467 g/mol. The van der Waals surface area contributed by atoms with Gasteiger partial charge in [-0.05, 0) is 113 Å². The first kappa shape index (κ1) is 24.0. The van der Waals surface area contributed by atoms with Crippen LogP contribution in [0.2, 0.25) is 0 Å². The number of hydrogen-bond acceptors (Lipinski definition) is 5. The van der Waals surface area contributed by atoms with Crippen molar-refractivity contribution >= 4 is 10.4 Å². The normalized spacial score (nSPS) is 31.2. The van der Waals surface area contributed by atoms with Crippen molar-refractivity contribution in [1.82, 2.24) is 9.80 Å². The van der Waals surface area contributed by atoms with E-state index in [2.05, 4.69) is 29.0 Å². The number of hydrogen-bond donors (Lipinski definition) is 3. The SMILES string of the molecule is CN1CCC(CCN2CC[C@@]34CCCC[C@H]3[C@@H]2Cc2ccc(O)cc24)CC1.O=S(=O)(O)O. The van der Waals surface area contributed by atoms with E-state index in [4.69, 9.17) is 17.5 Å². The highest BCUT2D eigenvalue weighted by atomic mass is 32.3. The molecule has 32 heavy (non-hydrogen) atoms. The van der Waals surface area contributed by atoms with E-state index in [9.17, 15) is 5.11 Å². The summed E-state index contributed by atoms with van der Waals surface area (Å²) in [5.74, 6) is 2.22. The van der Waals surface area contributed by atoms with Gasteiger partial charge in [-0.25, -0.2) is 0 Å². The molecular formula is C24H38N2O5S. The summed E-state index contributed by atoms with van der Waals surface area (Å²) in [5, 5.41) is 10.2. The topological polar surface area (TPSA) is 101 Å². The number of likely N-dealkylation sites (tertiary alicyclic amines) is 2. The van der Waals surface area contributed by atoms with Crippen LogP contribution in [0.25, 0.3) is 0 Å². The molecule has 0 unspecified atom stereocenters. The van der Waals surface area contributed by atoms with Crippen LogP contribution in [-0.2, 0) is 22.2 Å². The lowest BCUT2D eigenvalue weighted by molar-refractivity contribution is -0.0146. The summed E-state index contributed by atoms with van der Waals surface area (Å²) >= 11 is 0. The Hall–Kier alpha value is -1.19. The first-order valence-corrected chi connectivity index (χ1v) is 13.5. The number of rotatable bonds is 3. The van der Waals surface area contributed by atoms with Crippen LogP contribution in [0.1, 0.15) is 62.5 Å². The Bertz CT molecular complexity index is 892. The highest BCUT2D eigenvalue weighted by Crippen LogP contribution is 2.56. The van der Waals surface area contributed by atoms with Crippen LogP contribution in [0.4, 0.5) is 0 Å². The number of fused-ring (bicyclic) bond motifs is 1. The van der Waals surface area contributed by atoms with Gasteiger partial charge >= 0.3 is 10.4 Å². The number of phenolic OH excluding ortho intramolecular Hbond substituents is 1. The fourth-order valence-corrected chi connectivity index (χ4v) is 7.05. The fraction of sp³-hybridized carbons (Fsp3) is 0.750. The van der Waals surface area contributed by atoms with Gasteiger partial charge in [0.05, 0.1) is 0 Å². The van der Waals surface area contributed by atoms with Crippen molar-refractivity contribution in [2.45, 2.75) is 69.2 Å². The van der Waals surface area contributed by atoms with E-state index in [-0.39, 0.29) is 0 Å². The second kappa shape index (κ2) is 9.58. The van der Waals surface area contributed by atoms with Crippen molar-refractivity contribution < 1.29 is 22.6 Å². The minimum Gasteiger partial charge on any atom is -0.508 e. The molecule has 1 saturated carbocycles. The summed E-state index contributed by atoms with van der Waals surface area (Å²) in [7, 11) is -2.40. The fourth-order valence-electron chi connectivity index (χ4n) is 7.05. The highest BCUT2D eigenvalue weighted by molar-refractivity contribution is 7.79. The maximum Gasteiger partial charge on any atom is 0.394 e. The molecule has 2 heterocycles. The van der Waals surface area contributed by atoms with E-state index in [1.807, 2.05) is 6.07 Å². The van der Waals surface area contributed by atoms with E-state index in [0.29, 0.717) is 11.2 Å². The van der Waals surface area contributed by atoms with Gasteiger partial charge in [0.15, 0.2) is 0 Å². The smallest absolute Gasteiger partial charge is 0.394 e. The Labute approximate surface area is 192 Å². The molecule has 0 amide bonds. The van der Waals surface area contributed by atoms with Crippen LogP contribution < -0.4 is 0 Å². The van der Waals surface area contributed by atoms with Crippen LogP contribution in [0.3, 0.4) is 0 Å². The van der Waals surface area contributed by atoms with E-state index in [0.717, 1.165) is 17.9 Å². The molecular weight excluding hydrogens is 428 g/mol.